The van der Waals surface area contributed by atoms with Gasteiger partial charge in [0.15, 0.2) is 0 Å². The fourth-order valence-corrected chi connectivity index (χ4v) is 2.54. The molecule has 0 aliphatic heterocycles. The highest BCUT2D eigenvalue weighted by Gasteiger charge is 2.31. The zero-order valence-electron chi connectivity index (χ0n) is 9.78. The van der Waals surface area contributed by atoms with E-state index < -0.39 is 0 Å². The molecule has 1 fully saturated rings. The third kappa shape index (κ3) is 2.34. The molecule has 1 aliphatic rings. The second kappa shape index (κ2) is 4.75. The average Bonchev–Trinajstić information content (AvgIpc) is 3.13. The molecule has 0 bridgehead atoms. The first-order valence-corrected chi connectivity index (χ1v) is 6.82. The molecule has 2 heterocycles. The summed E-state index contributed by atoms with van der Waals surface area (Å²) in [6, 6.07) is 6.35. The van der Waals surface area contributed by atoms with Gasteiger partial charge in [-0.3, -0.25) is 0 Å². The minimum absolute atomic E-state index is 0.427. The standard InChI is InChI=1S/C13H12N4S/c14-7-11-3-5-15-13(16-11)17(12-1-2-12)8-10-4-6-18-9-10/h3-6,9,12H,1-2,8H2. The first-order valence-electron chi connectivity index (χ1n) is 5.87. The van der Waals surface area contributed by atoms with E-state index in [1.165, 1.54) is 18.4 Å². The third-order valence-corrected chi connectivity index (χ3v) is 3.67. The van der Waals surface area contributed by atoms with Crippen LogP contribution in [0.3, 0.4) is 0 Å². The maximum absolute atomic E-state index is 8.90. The van der Waals surface area contributed by atoms with Crippen molar-refractivity contribution in [2.75, 3.05) is 4.90 Å². The van der Waals surface area contributed by atoms with E-state index in [0.29, 0.717) is 17.7 Å². The number of nitriles is 1. The van der Waals surface area contributed by atoms with Gasteiger partial charge in [0.05, 0.1) is 0 Å². The van der Waals surface area contributed by atoms with Gasteiger partial charge >= 0.3 is 0 Å². The van der Waals surface area contributed by atoms with Gasteiger partial charge in [0, 0.05) is 18.8 Å². The summed E-state index contributed by atoms with van der Waals surface area (Å²) in [5, 5.41) is 13.1. The Balaban J connectivity index is 1.87. The average molecular weight is 256 g/mol. The minimum atomic E-state index is 0.427. The van der Waals surface area contributed by atoms with E-state index in [4.69, 9.17) is 5.26 Å². The summed E-state index contributed by atoms with van der Waals surface area (Å²) in [4.78, 5) is 10.8. The maximum atomic E-state index is 8.90. The molecule has 2 aromatic rings. The fraction of sp³-hybridized carbons (Fsp3) is 0.308. The second-order valence-electron chi connectivity index (χ2n) is 4.34. The Hall–Kier alpha value is -1.93. The van der Waals surface area contributed by atoms with Gasteiger partial charge < -0.3 is 4.90 Å². The molecule has 0 aromatic carbocycles. The molecule has 1 saturated carbocycles. The molecule has 0 spiro atoms. The highest BCUT2D eigenvalue weighted by atomic mass is 32.1. The van der Waals surface area contributed by atoms with Crippen molar-refractivity contribution >= 4 is 17.3 Å². The summed E-state index contributed by atoms with van der Waals surface area (Å²) >= 11 is 1.70. The summed E-state index contributed by atoms with van der Waals surface area (Å²) in [6.07, 6.45) is 4.03. The Morgan fingerprint density at radius 3 is 3.00 bits per heavy atom. The molecule has 18 heavy (non-hydrogen) atoms. The van der Waals surface area contributed by atoms with Crippen LogP contribution < -0.4 is 4.90 Å². The molecular weight excluding hydrogens is 244 g/mol. The van der Waals surface area contributed by atoms with Gasteiger partial charge in [0.2, 0.25) is 5.95 Å². The molecule has 4 nitrogen and oxygen atoms in total. The van der Waals surface area contributed by atoms with Crippen LogP contribution in [-0.4, -0.2) is 16.0 Å². The molecule has 0 N–H and O–H groups in total. The van der Waals surface area contributed by atoms with Crippen molar-refractivity contribution < 1.29 is 0 Å². The Bertz CT molecular complexity index is 569. The molecule has 5 heteroatoms. The zero-order chi connectivity index (χ0) is 12.4. The van der Waals surface area contributed by atoms with Gasteiger partial charge in [-0.25, -0.2) is 9.97 Å². The molecule has 2 aromatic heterocycles. The lowest BCUT2D eigenvalue weighted by atomic mass is 10.3. The summed E-state index contributed by atoms with van der Waals surface area (Å²) in [7, 11) is 0. The molecular formula is C13H12N4S. The van der Waals surface area contributed by atoms with Gasteiger partial charge in [-0.2, -0.15) is 16.6 Å². The van der Waals surface area contributed by atoms with E-state index in [9.17, 15) is 0 Å². The van der Waals surface area contributed by atoms with Crippen molar-refractivity contribution in [3.05, 3.63) is 40.3 Å². The van der Waals surface area contributed by atoms with Gasteiger partial charge in [0.1, 0.15) is 11.8 Å². The van der Waals surface area contributed by atoms with Gasteiger partial charge in [-0.05, 0) is 41.3 Å². The van der Waals surface area contributed by atoms with Crippen molar-refractivity contribution in [1.82, 2.24) is 9.97 Å². The van der Waals surface area contributed by atoms with Crippen LogP contribution in [0.25, 0.3) is 0 Å². The minimum Gasteiger partial charge on any atom is -0.333 e. The Kier molecular flexibility index (Phi) is 2.95. The number of hydrogen-bond donors (Lipinski definition) is 0. The quantitative estimate of drug-likeness (QED) is 0.843. The van der Waals surface area contributed by atoms with Crippen LogP contribution in [0.4, 0.5) is 5.95 Å². The molecule has 3 rings (SSSR count). The van der Waals surface area contributed by atoms with Crippen LogP contribution >= 0.6 is 11.3 Å². The maximum Gasteiger partial charge on any atom is 0.227 e. The van der Waals surface area contributed by atoms with Gasteiger partial charge in [0.25, 0.3) is 0 Å². The molecule has 1 aliphatic carbocycles. The summed E-state index contributed by atoms with van der Waals surface area (Å²) in [6.45, 7) is 0.822. The van der Waals surface area contributed by atoms with Gasteiger partial charge in [-0.1, -0.05) is 0 Å². The highest BCUT2D eigenvalue weighted by molar-refractivity contribution is 7.07. The van der Waals surface area contributed by atoms with Crippen molar-refractivity contribution in [1.29, 1.82) is 5.26 Å². The normalized spacial score (nSPS) is 14.2. The van der Waals surface area contributed by atoms with Gasteiger partial charge in [-0.15, -0.1) is 0 Å². The molecule has 90 valence electrons. The third-order valence-electron chi connectivity index (χ3n) is 2.93. The number of nitrogens with zero attached hydrogens (tertiary/aromatic N) is 4. The van der Waals surface area contributed by atoms with E-state index in [1.54, 1.807) is 23.6 Å². The zero-order valence-corrected chi connectivity index (χ0v) is 10.6. The van der Waals surface area contributed by atoms with E-state index >= 15 is 0 Å². The van der Waals surface area contributed by atoms with Crippen LogP contribution in [0.1, 0.15) is 24.1 Å². The lowest BCUT2D eigenvalue weighted by Crippen LogP contribution is -2.26. The van der Waals surface area contributed by atoms with Crippen molar-refractivity contribution in [3.8, 4) is 6.07 Å². The van der Waals surface area contributed by atoms with Crippen molar-refractivity contribution in [3.63, 3.8) is 0 Å². The lowest BCUT2D eigenvalue weighted by Gasteiger charge is -2.21. The van der Waals surface area contributed by atoms with Crippen LogP contribution in [0, 0.1) is 11.3 Å². The number of thiophene rings is 1. The lowest BCUT2D eigenvalue weighted by molar-refractivity contribution is 0.759. The monoisotopic (exact) mass is 256 g/mol. The number of hydrogen-bond acceptors (Lipinski definition) is 5. The predicted molar refractivity (Wildman–Crippen MR) is 70.3 cm³/mol. The smallest absolute Gasteiger partial charge is 0.227 e. The summed E-state index contributed by atoms with van der Waals surface area (Å²) < 4.78 is 0. The van der Waals surface area contributed by atoms with Crippen molar-refractivity contribution in [2.45, 2.75) is 25.4 Å². The molecule has 0 amide bonds. The Morgan fingerprint density at radius 2 is 2.33 bits per heavy atom. The summed E-state index contributed by atoms with van der Waals surface area (Å²) in [5.74, 6) is 0.669. The second-order valence-corrected chi connectivity index (χ2v) is 5.12. The largest absolute Gasteiger partial charge is 0.333 e. The van der Waals surface area contributed by atoms with Crippen LogP contribution in [0.15, 0.2) is 29.1 Å². The van der Waals surface area contributed by atoms with E-state index in [1.807, 2.05) is 0 Å². The number of anilines is 1. The van der Waals surface area contributed by atoms with Crippen LogP contribution in [0.2, 0.25) is 0 Å². The molecule has 0 radical (unpaired) electrons. The van der Waals surface area contributed by atoms with Crippen LogP contribution in [-0.2, 0) is 6.54 Å². The van der Waals surface area contributed by atoms with Crippen LogP contribution in [0.5, 0.6) is 0 Å². The van der Waals surface area contributed by atoms with Crippen molar-refractivity contribution in [2.24, 2.45) is 0 Å². The predicted octanol–water partition coefficient (Wildman–Crippen LogP) is 2.58. The van der Waals surface area contributed by atoms with E-state index in [2.05, 4.69) is 37.8 Å². The molecule has 0 unspecified atom stereocenters. The molecule has 0 atom stereocenters. The number of aromatic nitrogens is 2. The summed E-state index contributed by atoms with van der Waals surface area (Å²) in [5.41, 5.74) is 1.70. The van der Waals surface area contributed by atoms with E-state index in [-0.39, 0.29) is 0 Å². The Labute approximate surface area is 110 Å². The first kappa shape index (κ1) is 11.2. The Morgan fingerprint density at radius 1 is 1.44 bits per heavy atom. The molecule has 0 saturated heterocycles. The first-order chi connectivity index (χ1) is 8.86. The number of rotatable bonds is 4. The van der Waals surface area contributed by atoms with E-state index in [0.717, 1.165) is 6.54 Å². The topological polar surface area (TPSA) is 52.8 Å². The SMILES string of the molecule is N#Cc1ccnc(N(Cc2ccsc2)C2CC2)n1. The highest BCUT2D eigenvalue weighted by Crippen LogP contribution is 2.31. The fourth-order valence-electron chi connectivity index (χ4n) is 1.88.